The van der Waals surface area contributed by atoms with E-state index in [1.54, 1.807) is 53.4 Å². The lowest BCUT2D eigenvalue weighted by atomic mass is 10.2. The van der Waals surface area contributed by atoms with Crippen LogP contribution in [-0.4, -0.2) is 19.7 Å². The van der Waals surface area contributed by atoms with Gasteiger partial charge in [-0.2, -0.15) is 13.2 Å². The van der Waals surface area contributed by atoms with Crippen molar-refractivity contribution >= 4 is 11.6 Å². The van der Waals surface area contributed by atoms with Gasteiger partial charge in [0.1, 0.15) is 5.75 Å². The summed E-state index contributed by atoms with van der Waals surface area (Å²) in [5, 5.41) is 8.73. The van der Waals surface area contributed by atoms with E-state index >= 15 is 0 Å². The van der Waals surface area contributed by atoms with Crippen LogP contribution in [0.3, 0.4) is 0 Å². The fraction of sp³-hybridized carbons (Fsp3) is 0.0500. The van der Waals surface area contributed by atoms with E-state index in [4.69, 9.17) is 16.3 Å². The van der Waals surface area contributed by atoms with Gasteiger partial charge in [-0.15, -0.1) is 5.10 Å². The SMILES string of the molecule is FC(F)(F)c1cccc(Oc2nnc(-c3ccncc3)n2-c2ccc(Cl)cc2)c1. The summed E-state index contributed by atoms with van der Waals surface area (Å²) in [5.41, 5.74) is 0.524. The lowest BCUT2D eigenvalue weighted by Crippen LogP contribution is -2.05. The van der Waals surface area contributed by atoms with Gasteiger partial charge in [0.05, 0.1) is 11.3 Å². The van der Waals surface area contributed by atoms with E-state index in [9.17, 15) is 13.2 Å². The third-order valence-electron chi connectivity index (χ3n) is 4.03. The van der Waals surface area contributed by atoms with Crippen LogP contribution in [0.2, 0.25) is 5.02 Å². The second-order valence-corrected chi connectivity index (χ2v) is 6.42. The van der Waals surface area contributed by atoms with E-state index in [1.165, 1.54) is 12.1 Å². The molecule has 0 N–H and O–H groups in total. The molecule has 0 saturated heterocycles. The first-order valence-electron chi connectivity index (χ1n) is 8.39. The van der Waals surface area contributed by atoms with E-state index in [1.807, 2.05) is 0 Å². The number of hydrogen-bond acceptors (Lipinski definition) is 4. The predicted molar refractivity (Wildman–Crippen MR) is 101 cm³/mol. The molecule has 0 radical (unpaired) electrons. The molecule has 0 amide bonds. The third kappa shape index (κ3) is 4.07. The monoisotopic (exact) mass is 416 g/mol. The standard InChI is InChI=1S/C20H12ClF3N4O/c21-15-4-6-16(7-5-15)28-18(13-8-10-25-11-9-13)26-27-19(28)29-17-3-1-2-14(12-17)20(22,23)24/h1-12H. The van der Waals surface area contributed by atoms with E-state index in [-0.39, 0.29) is 11.8 Å². The number of benzene rings is 2. The molecule has 0 aliphatic carbocycles. The van der Waals surface area contributed by atoms with Gasteiger partial charge in [0, 0.05) is 23.0 Å². The molecule has 0 aliphatic rings. The molecular formula is C20H12ClF3N4O. The van der Waals surface area contributed by atoms with Crippen molar-refractivity contribution in [3.63, 3.8) is 0 Å². The third-order valence-corrected chi connectivity index (χ3v) is 4.28. The number of rotatable bonds is 4. The van der Waals surface area contributed by atoms with Gasteiger partial charge in [-0.1, -0.05) is 22.8 Å². The van der Waals surface area contributed by atoms with Crippen LogP contribution >= 0.6 is 11.6 Å². The first kappa shape index (κ1) is 18.9. The van der Waals surface area contributed by atoms with Crippen molar-refractivity contribution in [3.05, 3.63) is 83.6 Å². The minimum atomic E-state index is -4.48. The first-order valence-corrected chi connectivity index (χ1v) is 8.76. The van der Waals surface area contributed by atoms with Crippen LogP contribution in [0, 0.1) is 0 Å². The molecule has 4 rings (SSSR count). The molecule has 5 nitrogen and oxygen atoms in total. The Morgan fingerprint density at radius 2 is 1.62 bits per heavy atom. The molecule has 9 heteroatoms. The fourth-order valence-electron chi connectivity index (χ4n) is 2.69. The van der Waals surface area contributed by atoms with E-state index in [0.717, 1.165) is 12.1 Å². The van der Waals surface area contributed by atoms with E-state index in [0.29, 0.717) is 22.1 Å². The lowest BCUT2D eigenvalue weighted by Gasteiger charge is -2.12. The molecule has 0 unspecified atom stereocenters. The van der Waals surface area contributed by atoms with Crippen molar-refractivity contribution in [1.29, 1.82) is 0 Å². The molecule has 0 bridgehead atoms. The van der Waals surface area contributed by atoms with Crippen LogP contribution in [-0.2, 0) is 6.18 Å². The van der Waals surface area contributed by atoms with Crippen LogP contribution in [0.4, 0.5) is 13.2 Å². The topological polar surface area (TPSA) is 52.8 Å². The Balaban J connectivity index is 1.80. The Labute approximate surface area is 168 Å². The Morgan fingerprint density at radius 3 is 2.31 bits per heavy atom. The average molecular weight is 417 g/mol. The van der Waals surface area contributed by atoms with Crippen LogP contribution in [0.5, 0.6) is 11.8 Å². The van der Waals surface area contributed by atoms with Gasteiger partial charge in [0.15, 0.2) is 5.82 Å². The lowest BCUT2D eigenvalue weighted by molar-refractivity contribution is -0.137. The molecule has 29 heavy (non-hydrogen) atoms. The highest BCUT2D eigenvalue weighted by molar-refractivity contribution is 6.30. The zero-order valence-electron chi connectivity index (χ0n) is 14.6. The summed E-state index contributed by atoms with van der Waals surface area (Å²) in [4.78, 5) is 3.98. The number of nitrogens with zero attached hydrogens (tertiary/aromatic N) is 4. The number of halogens is 4. The summed E-state index contributed by atoms with van der Waals surface area (Å²) in [6.45, 7) is 0. The van der Waals surface area contributed by atoms with E-state index < -0.39 is 11.7 Å². The highest BCUT2D eigenvalue weighted by atomic mass is 35.5. The maximum atomic E-state index is 13.0. The Kier molecular flexibility index (Phi) is 4.94. The minimum absolute atomic E-state index is 0.0104. The molecule has 2 aromatic heterocycles. The van der Waals surface area contributed by atoms with Crippen molar-refractivity contribution in [2.75, 3.05) is 0 Å². The molecule has 4 aromatic rings. The van der Waals surface area contributed by atoms with Gasteiger partial charge in [-0.05, 0) is 54.6 Å². The second-order valence-electron chi connectivity index (χ2n) is 5.98. The quantitative estimate of drug-likeness (QED) is 0.422. The van der Waals surface area contributed by atoms with Gasteiger partial charge >= 0.3 is 12.2 Å². The maximum absolute atomic E-state index is 13.0. The normalized spacial score (nSPS) is 11.4. The van der Waals surface area contributed by atoms with E-state index in [2.05, 4.69) is 15.2 Å². The molecule has 0 fully saturated rings. The van der Waals surface area contributed by atoms with Gasteiger partial charge < -0.3 is 4.74 Å². The molecule has 2 heterocycles. The number of pyridine rings is 1. The number of ether oxygens (including phenoxy) is 1. The molecule has 0 spiro atoms. The summed E-state index contributed by atoms with van der Waals surface area (Å²) in [5.74, 6) is 0.431. The van der Waals surface area contributed by atoms with Crippen molar-refractivity contribution in [2.24, 2.45) is 0 Å². The Bertz CT molecular complexity index is 1130. The summed E-state index contributed by atoms with van der Waals surface area (Å²) >= 11 is 5.97. The van der Waals surface area contributed by atoms with Gasteiger partial charge in [-0.3, -0.25) is 4.98 Å². The summed E-state index contributed by atoms with van der Waals surface area (Å²) in [6.07, 6.45) is -1.28. The smallest absolute Gasteiger partial charge is 0.416 e. The summed E-state index contributed by atoms with van der Waals surface area (Å²) in [7, 11) is 0. The van der Waals surface area contributed by atoms with Crippen LogP contribution in [0.1, 0.15) is 5.56 Å². The number of hydrogen-bond donors (Lipinski definition) is 0. The van der Waals surface area contributed by atoms with Gasteiger partial charge in [0.25, 0.3) is 0 Å². The largest absolute Gasteiger partial charge is 0.424 e. The average Bonchev–Trinajstić information content (AvgIpc) is 3.12. The van der Waals surface area contributed by atoms with Crippen molar-refractivity contribution in [2.45, 2.75) is 6.18 Å². The van der Waals surface area contributed by atoms with Gasteiger partial charge in [0.2, 0.25) is 0 Å². The molecule has 0 aliphatic heterocycles. The molecule has 0 atom stereocenters. The predicted octanol–water partition coefficient (Wildman–Crippen LogP) is 5.79. The summed E-state index contributed by atoms with van der Waals surface area (Å²) in [6, 6.07) is 14.9. The fourth-order valence-corrected chi connectivity index (χ4v) is 2.81. The van der Waals surface area contributed by atoms with Crippen LogP contribution < -0.4 is 4.74 Å². The highest BCUT2D eigenvalue weighted by Gasteiger charge is 2.31. The molecule has 146 valence electrons. The Morgan fingerprint density at radius 1 is 0.897 bits per heavy atom. The molecule has 2 aromatic carbocycles. The minimum Gasteiger partial charge on any atom is -0.424 e. The van der Waals surface area contributed by atoms with Crippen molar-refractivity contribution in [1.82, 2.24) is 19.7 Å². The zero-order chi connectivity index (χ0) is 20.4. The molecule has 0 saturated carbocycles. The zero-order valence-corrected chi connectivity index (χ0v) is 15.4. The van der Waals surface area contributed by atoms with Crippen molar-refractivity contribution in [3.8, 4) is 28.8 Å². The Hall–Kier alpha value is -3.39. The number of aromatic nitrogens is 4. The highest BCUT2D eigenvalue weighted by Crippen LogP contribution is 2.34. The van der Waals surface area contributed by atoms with Crippen LogP contribution in [0.25, 0.3) is 17.1 Å². The van der Waals surface area contributed by atoms with Crippen LogP contribution in [0.15, 0.2) is 73.1 Å². The van der Waals surface area contributed by atoms with Crippen molar-refractivity contribution < 1.29 is 17.9 Å². The summed E-state index contributed by atoms with van der Waals surface area (Å²) < 4.78 is 46.3. The maximum Gasteiger partial charge on any atom is 0.416 e. The molecular weight excluding hydrogens is 405 g/mol. The second kappa shape index (κ2) is 7.56. The van der Waals surface area contributed by atoms with Gasteiger partial charge in [-0.25, -0.2) is 4.57 Å². The first-order chi connectivity index (χ1) is 13.9. The number of alkyl halides is 3.